The highest BCUT2D eigenvalue weighted by Gasteiger charge is 2.22. The molecule has 3 nitrogen and oxygen atoms in total. The van der Waals surface area contributed by atoms with Gasteiger partial charge < -0.3 is 11.1 Å². The zero-order chi connectivity index (χ0) is 10.7. The van der Waals surface area contributed by atoms with Crippen molar-refractivity contribution in [3.05, 3.63) is 29.0 Å². The van der Waals surface area contributed by atoms with Gasteiger partial charge in [-0.25, -0.2) is 0 Å². The normalized spacial score (nSPS) is 18.9. The Kier molecular flexibility index (Phi) is 5.49. The van der Waals surface area contributed by atoms with Crippen molar-refractivity contribution in [1.82, 2.24) is 10.3 Å². The van der Waals surface area contributed by atoms with Crippen LogP contribution >= 0.6 is 24.0 Å². The van der Waals surface area contributed by atoms with E-state index in [0.717, 1.165) is 31.5 Å². The van der Waals surface area contributed by atoms with Crippen LogP contribution in [0.2, 0.25) is 5.02 Å². The van der Waals surface area contributed by atoms with Crippen LogP contribution in [0.25, 0.3) is 0 Å². The molecule has 3 N–H and O–H groups in total. The average molecular weight is 262 g/mol. The smallest absolute Gasteiger partial charge is 0.0637 e. The summed E-state index contributed by atoms with van der Waals surface area (Å²) < 4.78 is 0. The molecule has 0 amide bonds. The van der Waals surface area contributed by atoms with E-state index in [1.54, 1.807) is 12.4 Å². The van der Waals surface area contributed by atoms with Crippen molar-refractivity contribution in [3.8, 4) is 0 Å². The van der Waals surface area contributed by atoms with E-state index in [1.165, 1.54) is 0 Å². The second-order valence-electron chi connectivity index (χ2n) is 4.01. The minimum Gasteiger partial charge on any atom is -0.324 e. The summed E-state index contributed by atoms with van der Waals surface area (Å²) in [4.78, 5) is 3.97. The highest BCUT2D eigenvalue weighted by Crippen LogP contribution is 2.30. The standard InChI is InChI=1S/C11H16ClN3.ClH/c12-10-7-15-6-3-9(10)11(13)8-1-4-14-5-2-8;/h3,6-8,11,14H,1-2,4-5,13H2;1H/t11-;/m1./s1. The summed E-state index contributed by atoms with van der Waals surface area (Å²) in [5.41, 5.74) is 7.26. The van der Waals surface area contributed by atoms with E-state index in [1.807, 2.05) is 6.07 Å². The summed E-state index contributed by atoms with van der Waals surface area (Å²) in [5.74, 6) is 0.533. The molecule has 2 heterocycles. The number of hydrogen-bond donors (Lipinski definition) is 2. The minimum absolute atomic E-state index is 0. The van der Waals surface area contributed by atoms with Gasteiger partial charge in [-0.2, -0.15) is 0 Å². The first-order chi connectivity index (χ1) is 7.29. The highest BCUT2D eigenvalue weighted by atomic mass is 35.5. The third kappa shape index (κ3) is 3.08. The highest BCUT2D eigenvalue weighted by molar-refractivity contribution is 6.31. The average Bonchev–Trinajstić information content (AvgIpc) is 2.30. The molecule has 1 saturated heterocycles. The molecule has 1 aromatic heterocycles. The number of nitrogens with zero attached hydrogens (tertiary/aromatic N) is 1. The fourth-order valence-corrected chi connectivity index (χ4v) is 2.36. The Morgan fingerprint density at radius 2 is 2.12 bits per heavy atom. The van der Waals surface area contributed by atoms with Crippen LogP contribution in [-0.2, 0) is 0 Å². The van der Waals surface area contributed by atoms with Crippen LogP contribution in [0, 0.1) is 5.92 Å². The summed E-state index contributed by atoms with van der Waals surface area (Å²) in [6.07, 6.45) is 5.67. The fraction of sp³-hybridized carbons (Fsp3) is 0.545. The minimum atomic E-state index is 0. The Labute approximate surface area is 107 Å². The number of rotatable bonds is 2. The molecule has 0 saturated carbocycles. The van der Waals surface area contributed by atoms with Crippen molar-refractivity contribution in [1.29, 1.82) is 0 Å². The molecule has 0 bridgehead atoms. The van der Waals surface area contributed by atoms with E-state index in [9.17, 15) is 0 Å². The molecule has 0 spiro atoms. The Morgan fingerprint density at radius 3 is 2.75 bits per heavy atom. The third-order valence-electron chi connectivity index (χ3n) is 3.05. The molecule has 1 aliphatic rings. The molecule has 1 fully saturated rings. The predicted molar refractivity (Wildman–Crippen MR) is 69.0 cm³/mol. The number of halogens is 2. The molecular formula is C11H17Cl2N3. The lowest BCUT2D eigenvalue weighted by molar-refractivity contribution is 0.322. The molecule has 0 aromatic carbocycles. The molecule has 1 atom stereocenters. The van der Waals surface area contributed by atoms with Gasteiger partial charge >= 0.3 is 0 Å². The van der Waals surface area contributed by atoms with Gasteiger partial charge in [0, 0.05) is 18.4 Å². The number of nitrogens with one attached hydrogen (secondary N) is 1. The van der Waals surface area contributed by atoms with Gasteiger partial charge in [0.05, 0.1) is 5.02 Å². The van der Waals surface area contributed by atoms with Gasteiger partial charge in [-0.05, 0) is 43.5 Å². The van der Waals surface area contributed by atoms with Crippen molar-refractivity contribution in [2.24, 2.45) is 11.7 Å². The summed E-state index contributed by atoms with van der Waals surface area (Å²) in [7, 11) is 0. The maximum Gasteiger partial charge on any atom is 0.0637 e. The molecule has 0 unspecified atom stereocenters. The first kappa shape index (κ1) is 13.7. The lowest BCUT2D eigenvalue weighted by Gasteiger charge is -2.28. The summed E-state index contributed by atoms with van der Waals surface area (Å²) in [5, 5.41) is 4.02. The number of hydrogen-bond acceptors (Lipinski definition) is 3. The second kappa shape index (κ2) is 6.40. The number of aromatic nitrogens is 1. The van der Waals surface area contributed by atoms with E-state index in [0.29, 0.717) is 10.9 Å². The molecular weight excluding hydrogens is 245 g/mol. The fourth-order valence-electron chi connectivity index (χ4n) is 2.11. The van der Waals surface area contributed by atoms with Gasteiger partial charge in [0.25, 0.3) is 0 Å². The number of pyridine rings is 1. The number of nitrogens with two attached hydrogens (primary N) is 1. The molecule has 90 valence electrons. The summed E-state index contributed by atoms with van der Waals surface area (Å²) in [6.45, 7) is 2.11. The Bertz CT molecular complexity index is 327. The van der Waals surface area contributed by atoms with Crippen LogP contribution in [0.15, 0.2) is 18.5 Å². The topological polar surface area (TPSA) is 50.9 Å². The van der Waals surface area contributed by atoms with E-state index < -0.39 is 0 Å². The Balaban J connectivity index is 0.00000128. The van der Waals surface area contributed by atoms with Crippen LogP contribution < -0.4 is 11.1 Å². The van der Waals surface area contributed by atoms with Crippen molar-refractivity contribution >= 4 is 24.0 Å². The third-order valence-corrected chi connectivity index (χ3v) is 3.37. The van der Waals surface area contributed by atoms with E-state index in [2.05, 4.69) is 10.3 Å². The van der Waals surface area contributed by atoms with E-state index >= 15 is 0 Å². The lowest BCUT2D eigenvalue weighted by Crippen LogP contribution is -2.33. The maximum atomic E-state index is 6.23. The number of piperidine rings is 1. The largest absolute Gasteiger partial charge is 0.324 e. The molecule has 1 aliphatic heterocycles. The first-order valence-corrected chi connectivity index (χ1v) is 5.72. The van der Waals surface area contributed by atoms with Crippen LogP contribution in [0.3, 0.4) is 0 Å². The molecule has 0 aliphatic carbocycles. The molecule has 1 aromatic rings. The SMILES string of the molecule is Cl.N[C@@H](c1ccncc1Cl)C1CCNCC1. The lowest BCUT2D eigenvalue weighted by atomic mass is 9.87. The zero-order valence-electron chi connectivity index (χ0n) is 9.03. The van der Waals surface area contributed by atoms with Gasteiger partial charge in [-0.1, -0.05) is 11.6 Å². The van der Waals surface area contributed by atoms with Gasteiger partial charge in [-0.15, -0.1) is 12.4 Å². The summed E-state index contributed by atoms with van der Waals surface area (Å²) >= 11 is 6.08. The second-order valence-corrected chi connectivity index (χ2v) is 4.42. The monoisotopic (exact) mass is 261 g/mol. The molecule has 0 radical (unpaired) electrons. The van der Waals surface area contributed by atoms with Gasteiger partial charge in [-0.3, -0.25) is 4.98 Å². The molecule has 5 heteroatoms. The van der Waals surface area contributed by atoms with Crippen molar-refractivity contribution in [2.75, 3.05) is 13.1 Å². The Hall–Kier alpha value is -0.350. The van der Waals surface area contributed by atoms with Crippen molar-refractivity contribution < 1.29 is 0 Å². The quantitative estimate of drug-likeness (QED) is 0.858. The van der Waals surface area contributed by atoms with Gasteiger partial charge in [0.15, 0.2) is 0 Å². The molecule has 16 heavy (non-hydrogen) atoms. The van der Waals surface area contributed by atoms with Crippen LogP contribution in [0.1, 0.15) is 24.4 Å². The predicted octanol–water partition coefficient (Wildman–Crippen LogP) is 2.16. The Morgan fingerprint density at radius 1 is 1.44 bits per heavy atom. The van der Waals surface area contributed by atoms with Crippen LogP contribution in [-0.4, -0.2) is 18.1 Å². The summed E-state index contributed by atoms with van der Waals surface area (Å²) in [6, 6.07) is 1.97. The van der Waals surface area contributed by atoms with E-state index in [-0.39, 0.29) is 18.4 Å². The first-order valence-electron chi connectivity index (χ1n) is 5.35. The van der Waals surface area contributed by atoms with Gasteiger partial charge in [0.2, 0.25) is 0 Å². The van der Waals surface area contributed by atoms with Crippen molar-refractivity contribution in [2.45, 2.75) is 18.9 Å². The van der Waals surface area contributed by atoms with Crippen molar-refractivity contribution in [3.63, 3.8) is 0 Å². The zero-order valence-corrected chi connectivity index (χ0v) is 10.6. The van der Waals surface area contributed by atoms with Crippen LogP contribution in [0.4, 0.5) is 0 Å². The molecule has 2 rings (SSSR count). The van der Waals surface area contributed by atoms with Crippen LogP contribution in [0.5, 0.6) is 0 Å². The van der Waals surface area contributed by atoms with E-state index in [4.69, 9.17) is 17.3 Å². The maximum absolute atomic E-state index is 6.23. The van der Waals surface area contributed by atoms with Gasteiger partial charge in [0.1, 0.15) is 0 Å².